The molecule has 3 rings (SSSR count). The van der Waals surface area contributed by atoms with Gasteiger partial charge in [-0.3, -0.25) is 0 Å². The third kappa shape index (κ3) is 2.38. The van der Waals surface area contributed by atoms with Crippen molar-refractivity contribution in [3.05, 3.63) is 60.0 Å². The lowest BCUT2D eigenvalue weighted by atomic mass is 10.0. The van der Waals surface area contributed by atoms with Crippen LogP contribution in [0.4, 0.5) is 0 Å². The molecule has 0 unspecified atom stereocenters. The first-order valence-electron chi connectivity index (χ1n) is 6.48. The van der Waals surface area contributed by atoms with Gasteiger partial charge in [-0.2, -0.15) is 0 Å². The first-order chi connectivity index (χ1) is 9.75. The fourth-order valence-corrected chi connectivity index (χ4v) is 2.21. The number of aliphatic hydroxyl groups excluding tert-OH is 1. The molecule has 1 heterocycles. The van der Waals surface area contributed by atoms with E-state index in [-0.39, 0.29) is 6.61 Å². The Bertz CT molecular complexity index is 705. The summed E-state index contributed by atoms with van der Waals surface area (Å²) < 4.78 is 10.9. The van der Waals surface area contributed by atoms with Crippen molar-refractivity contribution in [1.82, 2.24) is 5.16 Å². The number of ether oxygens (including phenoxy) is 1. The number of aliphatic hydroxyl groups is 1. The van der Waals surface area contributed by atoms with Crippen LogP contribution in [0.2, 0.25) is 0 Å². The van der Waals surface area contributed by atoms with E-state index in [9.17, 15) is 5.11 Å². The molecule has 0 spiro atoms. The van der Waals surface area contributed by atoms with Crippen LogP contribution >= 0.6 is 0 Å². The summed E-state index contributed by atoms with van der Waals surface area (Å²) in [6.45, 7) is 2.01. The molecule has 0 bridgehead atoms. The zero-order valence-electron chi connectivity index (χ0n) is 11.1. The van der Waals surface area contributed by atoms with Crippen LogP contribution in [-0.2, 0) is 6.61 Å². The lowest BCUT2D eigenvalue weighted by molar-refractivity contribution is 0.187. The normalized spacial score (nSPS) is 12.5. The Balaban J connectivity index is 2.03. The Labute approximate surface area is 116 Å². The molecule has 0 aliphatic rings. The van der Waals surface area contributed by atoms with Gasteiger partial charge >= 0.3 is 0 Å². The van der Waals surface area contributed by atoms with Gasteiger partial charge in [0.15, 0.2) is 5.76 Å². The average Bonchev–Trinajstić information content (AvgIpc) is 2.97. The van der Waals surface area contributed by atoms with Crippen LogP contribution in [0.3, 0.4) is 0 Å². The first kappa shape index (κ1) is 12.7. The van der Waals surface area contributed by atoms with E-state index in [0.717, 1.165) is 16.3 Å². The van der Waals surface area contributed by atoms with Crippen LogP contribution in [0.15, 0.2) is 53.2 Å². The molecule has 1 N–H and O–H groups in total. The monoisotopic (exact) mass is 269 g/mol. The minimum Gasteiger partial charge on any atom is -0.485 e. The fourth-order valence-electron chi connectivity index (χ4n) is 2.21. The Morgan fingerprint density at radius 1 is 1.20 bits per heavy atom. The van der Waals surface area contributed by atoms with Crippen molar-refractivity contribution < 1.29 is 14.4 Å². The number of hydrogen-bond donors (Lipinski definition) is 1. The van der Waals surface area contributed by atoms with Gasteiger partial charge in [-0.25, -0.2) is 0 Å². The zero-order valence-corrected chi connectivity index (χ0v) is 11.1. The second kappa shape index (κ2) is 5.35. The summed E-state index contributed by atoms with van der Waals surface area (Å²) in [7, 11) is 0. The van der Waals surface area contributed by atoms with E-state index in [4.69, 9.17) is 9.26 Å². The smallest absolute Gasteiger partial charge is 0.174 e. The van der Waals surface area contributed by atoms with Gasteiger partial charge in [0.05, 0.1) is 12.3 Å². The molecule has 0 aliphatic heterocycles. The molecule has 0 saturated carbocycles. The fraction of sp³-hybridized carbons (Fsp3) is 0.188. The maximum atomic E-state index is 9.91. The summed E-state index contributed by atoms with van der Waals surface area (Å²) in [4.78, 5) is 0. The molecular formula is C16H15NO3. The van der Waals surface area contributed by atoms with Crippen molar-refractivity contribution >= 4 is 10.8 Å². The maximum absolute atomic E-state index is 9.91. The van der Waals surface area contributed by atoms with E-state index >= 15 is 0 Å². The molecule has 1 aromatic heterocycles. The molecule has 0 saturated heterocycles. The summed E-state index contributed by atoms with van der Waals surface area (Å²) in [6.07, 6.45) is 0.988. The number of aromatic nitrogens is 1. The molecule has 0 radical (unpaired) electrons. The predicted molar refractivity (Wildman–Crippen MR) is 75.4 cm³/mol. The third-order valence-corrected chi connectivity index (χ3v) is 3.21. The molecule has 0 amide bonds. The van der Waals surface area contributed by atoms with Crippen LogP contribution in [-0.4, -0.2) is 10.3 Å². The van der Waals surface area contributed by atoms with Gasteiger partial charge in [-0.1, -0.05) is 41.6 Å². The highest BCUT2D eigenvalue weighted by atomic mass is 16.5. The molecule has 0 aliphatic carbocycles. The molecule has 20 heavy (non-hydrogen) atoms. The van der Waals surface area contributed by atoms with Crippen molar-refractivity contribution in [3.63, 3.8) is 0 Å². The number of benzene rings is 2. The molecule has 102 valence electrons. The van der Waals surface area contributed by atoms with Gasteiger partial charge in [-0.05, 0) is 12.3 Å². The second-order valence-corrected chi connectivity index (χ2v) is 4.65. The highest BCUT2D eigenvalue weighted by Crippen LogP contribution is 2.34. The molecule has 4 nitrogen and oxygen atoms in total. The standard InChI is InChI=1S/C16H15NO3/c1-11(18)14-7-6-12-4-2-3-5-15(12)16(14)19-10-13-8-9-17-20-13/h2-9,11,18H,10H2,1H3/t11-/m1/s1. The SMILES string of the molecule is C[C@@H](O)c1ccc2ccccc2c1OCc1ccno1. The van der Waals surface area contributed by atoms with E-state index in [1.165, 1.54) is 0 Å². The topological polar surface area (TPSA) is 55.5 Å². The van der Waals surface area contributed by atoms with E-state index in [0.29, 0.717) is 11.5 Å². The number of nitrogens with zero attached hydrogens (tertiary/aromatic N) is 1. The van der Waals surface area contributed by atoms with Gasteiger partial charge in [0.25, 0.3) is 0 Å². The average molecular weight is 269 g/mol. The van der Waals surface area contributed by atoms with Crippen molar-refractivity contribution in [2.24, 2.45) is 0 Å². The Morgan fingerprint density at radius 2 is 2.05 bits per heavy atom. The molecule has 0 fully saturated rings. The molecule has 4 heteroatoms. The first-order valence-corrected chi connectivity index (χ1v) is 6.48. The number of hydrogen-bond acceptors (Lipinski definition) is 4. The van der Waals surface area contributed by atoms with Crippen LogP contribution in [0, 0.1) is 0 Å². The largest absolute Gasteiger partial charge is 0.485 e. The van der Waals surface area contributed by atoms with Crippen LogP contribution < -0.4 is 4.74 Å². The maximum Gasteiger partial charge on any atom is 0.174 e. The minimum atomic E-state index is -0.593. The van der Waals surface area contributed by atoms with Gasteiger partial charge in [0.1, 0.15) is 12.4 Å². The van der Waals surface area contributed by atoms with E-state index in [1.807, 2.05) is 36.4 Å². The summed E-state index contributed by atoms with van der Waals surface area (Å²) in [5.41, 5.74) is 0.767. The Hall–Kier alpha value is -2.33. The van der Waals surface area contributed by atoms with Crippen LogP contribution in [0.5, 0.6) is 5.75 Å². The zero-order chi connectivity index (χ0) is 13.9. The van der Waals surface area contributed by atoms with Crippen LogP contribution in [0.1, 0.15) is 24.4 Å². The summed E-state index contributed by atoms with van der Waals surface area (Å²) >= 11 is 0. The molecular weight excluding hydrogens is 254 g/mol. The lowest BCUT2D eigenvalue weighted by Gasteiger charge is -2.15. The summed E-state index contributed by atoms with van der Waals surface area (Å²) in [5, 5.41) is 15.6. The molecule has 1 atom stereocenters. The van der Waals surface area contributed by atoms with Crippen molar-refractivity contribution in [1.29, 1.82) is 0 Å². The molecule has 3 aromatic rings. The third-order valence-electron chi connectivity index (χ3n) is 3.21. The second-order valence-electron chi connectivity index (χ2n) is 4.65. The quantitative estimate of drug-likeness (QED) is 0.788. The van der Waals surface area contributed by atoms with Gasteiger partial charge < -0.3 is 14.4 Å². The van der Waals surface area contributed by atoms with Crippen molar-refractivity contribution in [2.75, 3.05) is 0 Å². The van der Waals surface area contributed by atoms with E-state index in [1.54, 1.807) is 19.2 Å². The minimum absolute atomic E-state index is 0.285. The lowest BCUT2D eigenvalue weighted by Crippen LogP contribution is -2.01. The highest BCUT2D eigenvalue weighted by Gasteiger charge is 2.13. The number of rotatable bonds is 4. The Morgan fingerprint density at radius 3 is 2.80 bits per heavy atom. The van der Waals surface area contributed by atoms with Crippen molar-refractivity contribution in [2.45, 2.75) is 19.6 Å². The van der Waals surface area contributed by atoms with E-state index < -0.39 is 6.10 Å². The summed E-state index contributed by atoms with van der Waals surface area (Å²) in [5.74, 6) is 1.34. The predicted octanol–water partition coefficient (Wildman–Crippen LogP) is 3.46. The van der Waals surface area contributed by atoms with Gasteiger partial charge in [0, 0.05) is 17.0 Å². The van der Waals surface area contributed by atoms with E-state index in [2.05, 4.69) is 5.16 Å². The highest BCUT2D eigenvalue weighted by molar-refractivity contribution is 5.89. The summed E-state index contributed by atoms with van der Waals surface area (Å²) in [6, 6.07) is 13.6. The van der Waals surface area contributed by atoms with Crippen LogP contribution in [0.25, 0.3) is 10.8 Å². The van der Waals surface area contributed by atoms with Gasteiger partial charge in [-0.15, -0.1) is 0 Å². The molecule has 2 aromatic carbocycles. The Kier molecular flexibility index (Phi) is 3.39. The van der Waals surface area contributed by atoms with Gasteiger partial charge in [0.2, 0.25) is 0 Å². The van der Waals surface area contributed by atoms with Crippen molar-refractivity contribution in [3.8, 4) is 5.75 Å². The number of fused-ring (bicyclic) bond motifs is 1.